The van der Waals surface area contributed by atoms with Gasteiger partial charge in [0.05, 0.1) is 42.9 Å². The van der Waals surface area contributed by atoms with Gasteiger partial charge in [0.1, 0.15) is 11.3 Å². The molecule has 1 saturated carbocycles. The van der Waals surface area contributed by atoms with Crippen molar-refractivity contribution in [3.05, 3.63) is 72.4 Å². The first-order valence-electron chi connectivity index (χ1n) is 14.3. The number of rotatable bonds is 11. The molecule has 0 radical (unpaired) electrons. The summed E-state index contributed by atoms with van der Waals surface area (Å²) in [4.78, 5) is 31.6. The second kappa shape index (κ2) is 12.1. The van der Waals surface area contributed by atoms with Crippen molar-refractivity contribution in [2.24, 2.45) is 5.92 Å². The van der Waals surface area contributed by atoms with Crippen molar-refractivity contribution in [1.29, 1.82) is 5.26 Å². The fraction of sp³-hybridized carbons (Fsp3) is 0.323. The number of likely N-dealkylation sites (tertiary alicyclic amines) is 1. The molecule has 2 fully saturated rings. The molecule has 3 aromatic heterocycles. The van der Waals surface area contributed by atoms with Crippen LogP contribution in [0.1, 0.15) is 35.4 Å². The van der Waals surface area contributed by atoms with Gasteiger partial charge in [0.25, 0.3) is 5.91 Å². The van der Waals surface area contributed by atoms with Gasteiger partial charge in [0, 0.05) is 62.2 Å². The fourth-order valence-corrected chi connectivity index (χ4v) is 5.46. The summed E-state index contributed by atoms with van der Waals surface area (Å²) in [5.74, 6) is 0.205. The minimum absolute atomic E-state index is 0.0132. The molecule has 3 N–H and O–H groups in total. The van der Waals surface area contributed by atoms with E-state index in [1.54, 1.807) is 25.6 Å². The molecular formula is C31H32N10O3. The van der Waals surface area contributed by atoms with Crippen LogP contribution in [-0.4, -0.2) is 68.9 Å². The Morgan fingerprint density at radius 3 is 2.68 bits per heavy atom. The van der Waals surface area contributed by atoms with Gasteiger partial charge in [-0.2, -0.15) is 10.4 Å². The number of anilines is 3. The van der Waals surface area contributed by atoms with Crippen LogP contribution in [-0.2, 0) is 16.9 Å². The maximum absolute atomic E-state index is 12.6. The van der Waals surface area contributed by atoms with Crippen molar-refractivity contribution in [2.45, 2.75) is 31.3 Å². The second-order valence-corrected chi connectivity index (χ2v) is 11.0. The first-order chi connectivity index (χ1) is 21.4. The topological polar surface area (TPSA) is 163 Å². The van der Waals surface area contributed by atoms with E-state index in [-0.39, 0.29) is 23.3 Å². The predicted molar refractivity (Wildman–Crippen MR) is 162 cm³/mol. The molecule has 1 aliphatic carbocycles. The number of ether oxygens (including phenoxy) is 1. The average molecular weight is 593 g/mol. The zero-order valence-corrected chi connectivity index (χ0v) is 24.4. The number of hydrogen-bond acceptors (Lipinski definition) is 10. The quantitative estimate of drug-likeness (QED) is 0.235. The molecule has 4 heterocycles. The molecule has 0 unspecified atom stereocenters. The van der Waals surface area contributed by atoms with Crippen molar-refractivity contribution in [3.8, 4) is 22.9 Å². The molecule has 1 aromatic carbocycles. The van der Waals surface area contributed by atoms with E-state index in [1.165, 1.54) is 7.05 Å². The zero-order chi connectivity index (χ0) is 30.7. The number of nitrogens with one attached hydrogen (secondary N) is 3. The first-order valence-corrected chi connectivity index (χ1v) is 14.3. The number of carbonyl (C=O) groups excluding carboxylic acids is 2. The highest BCUT2D eigenvalue weighted by Gasteiger charge is 2.45. The van der Waals surface area contributed by atoms with Crippen molar-refractivity contribution in [2.75, 3.05) is 37.9 Å². The lowest BCUT2D eigenvalue weighted by atomic mass is 9.86. The molecule has 4 aromatic rings. The smallest absolute Gasteiger partial charge is 0.273 e. The number of nitriles is 1. The fourth-order valence-electron chi connectivity index (χ4n) is 5.46. The van der Waals surface area contributed by atoms with E-state index >= 15 is 0 Å². The van der Waals surface area contributed by atoms with E-state index in [4.69, 9.17) is 4.74 Å². The summed E-state index contributed by atoms with van der Waals surface area (Å²) in [7, 11) is 3.08. The van der Waals surface area contributed by atoms with Crippen LogP contribution in [0.3, 0.4) is 0 Å². The number of carbonyl (C=O) groups is 2. The lowest BCUT2D eigenvalue weighted by molar-refractivity contribution is -0.117. The van der Waals surface area contributed by atoms with Crippen molar-refractivity contribution < 1.29 is 14.3 Å². The summed E-state index contributed by atoms with van der Waals surface area (Å²) in [5.41, 5.74) is 3.11. The minimum atomic E-state index is -0.447. The Balaban J connectivity index is 1.26. The van der Waals surface area contributed by atoms with Crippen LogP contribution in [0.2, 0.25) is 0 Å². The number of methoxy groups -OCH3 is 1. The van der Waals surface area contributed by atoms with Gasteiger partial charge in [-0.25, -0.2) is 0 Å². The monoisotopic (exact) mass is 592 g/mol. The zero-order valence-electron chi connectivity index (χ0n) is 24.4. The summed E-state index contributed by atoms with van der Waals surface area (Å²) in [6.07, 6.45) is 7.50. The molecule has 224 valence electrons. The van der Waals surface area contributed by atoms with E-state index in [0.29, 0.717) is 43.2 Å². The molecule has 2 aliphatic rings. The molecule has 44 heavy (non-hydrogen) atoms. The van der Waals surface area contributed by atoms with Gasteiger partial charge in [-0.05, 0) is 31.0 Å². The van der Waals surface area contributed by atoms with Crippen molar-refractivity contribution >= 4 is 29.0 Å². The standard InChI is InChI=1S/C31H32N10O3/c1-33-30(43)27-25(14-26(38-39-27)37-29(42)20-9-10-20)36-24-8-5-7-23(28(24)44-2)21-15-35-41(16-21)31(11-12-32)18-40(19-31)17-22-6-3-4-13-34-22/h3-8,13-16,20H,9-11,17-19H2,1-2H3,(H,33,43)(H2,36,37,38,42). The summed E-state index contributed by atoms with van der Waals surface area (Å²) in [6, 6.07) is 15.4. The lowest BCUT2D eigenvalue weighted by Gasteiger charge is -2.49. The number of benzene rings is 1. The third-order valence-electron chi connectivity index (χ3n) is 7.86. The number of hydrogen-bond donors (Lipinski definition) is 3. The highest BCUT2D eigenvalue weighted by Crippen LogP contribution is 2.40. The van der Waals surface area contributed by atoms with Crippen LogP contribution in [0.25, 0.3) is 11.1 Å². The normalized spacial score (nSPS) is 15.5. The molecule has 1 aliphatic heterocycles. The Labute approximate surface area is 254 Å². The highest BCUT2D eigenvalue weighted by molar-refractivity contribution is 6.00. The van der Waals surface area contributed by atoms with E-state index in [9.17, 15) is 14.9 Å². The Kier molecular flexibility index (Phi) is 7.91. The Morgan fingerprint density at radius 2 is 1.98 bits per heavy atom. The SMILES string of the molecule is CNC(=O)c1nnc(NC(=O)C2CC2)cc1Nc1cccc(-c2cnn(C3(CC#N)CN(Cc4ccccn4)C3)c2)c1OC. The van der Waals surface area contributed by atoms with Gasteiger partial charge >= 0.3 is 0 Å². The Morgan fingerprint density at radius 1 is 1.14 bits per heavy atom. The van der Waals surface area contributed by atoms with E-state index in [1.807, 2.05) is 47.3 Å². The summed E-state index contributed by atoms with van der Waals surface area (Å²) in [6.45, 7) is 2.05. The van der Waals surface area contributed by atoms with E-state index in [0.717, 1.165) is 29.7 Å². The maximum atomic E-state index is 12.6. The van der Waals surface area contributed by atoms with Crippen molar-refractivity contribution in [1.82, 2.24) is 35.2 Å². The summed E-state index contributed by atoms with van der Waals surface area (Å²) < 4.78 is 7.74. The lowest BCUT2D eigenvalue weighted by Crippen LogP contribution is -2.62. The molecule has 6 rings (SSSR count). The summed E-state index contributed by atoms with van der Waals surface area (Å²) >= 11 is 0. The molecule has 1 saturated heterocycles. The van der Waals surface area contributed by atoms with Gasteiger partial charge < -0.3 is 20.7 Å². The first kappa shape index (κ1) is 28.8. The largest absolute Gasteiger partial charge is 0.494 e. The third-order valence-corrected chi connectivity index (χ3v) is 7.86. The van der Waals surface area contributed by atoms with Crippen LogP contribution < -0.4 is 20.7 Å². The average Bonchev–Trinajstić information content (AvgIpc) is 3.76. The van der Waals surface area contributed by atoms with Gasteiger partial charge in [0.2, 0.25) is 5.91 Å². The number of pyridine rings is 1. The van der Waals surface area contributed by atoms with Crippen LogP contribution in [0.15, 0.2) is 61.1 Å². The van der Waals surface area contributed by atoms with Gasteiger partial charge in [0.15, 0.2) is 11.5 Å². The number of amides is 2. The minimum Gasteiger partial charge on any atom is -0.494 e. The van der Waals surface area contributed by atoms with E-state index < -0.39 is 11.4 Å². The van der Waals surface area contributed by atoms with Gasteiger partial charge in [-0.3, -0.25) is 24.2 Å². The molecule has 2 amide bonds. The van der Waals surface area contributed by atoms with Crippen LogP contribution in [0.5, 0.6) is 5.75 Å². The number of aromatic nitrogens is 5. The summed E-state index contributed by atoms with van der Waals surface area (Å²) in [5, 5.41) is 31.1. The number of para-hydroxylation sites is 1. The Hall–Kier alpha value is -5.35. The number of nitrogens with zero attached hydrogens (tertiary/aromatic N) is 7. The van der Waals surface area contributed by atoms with Crippen LogP contribution in [0, 0.1) is 17.2 Å². The predicted octanol–water partition coefficient (Wildman–Crippen LogP) is 3.32. The van der Waals surface area contributed by atoms with Gasteiger partial charge in [-0.1, -0.05) is 18.2 Å². The molecule has 0 atom stereocenters. The maximum Gasteiger partial charge on any atom is 0.273 e. The molecule has 0 spiro atoms. The van der Waals surface area contributed by atoms with Gasteiger partial charge in [-0.15, -0.1) is 10.2 Å². The van der Waals surface area contributed by atoms with Crippen LogP contribution >= 0.6 is 0 Å². The van der Waals surface area contributed by atoms with E-state index in [2.05, 4.69) is 47.2 Å². The van der Waals surface area contributed by atoms with Crippen LogP contribution in [0.4, 0.5) is 17.2 Å². The molecule has 13 heteroatoms. The second-order valence-electron chi connectivity index (χ2n) is 11.0. The highest BCUT2D eigenvalue weighted by atomic mass is 16.5. The Bertz CT molecular complexity index is 1720. The molecule has 13 nitrogen and oxygen atoms in total. The molecular weight excluding hydrogens is 560 g/mol. The van der Waals surface area contributed by atoms with Crippen molar-refractivity contribution in [3.63, 3.8) is 0 Å². The third kappa shape index (κ3) is 5.80. The molecule has 0 bridgehead atoms.